The molecule has 0 saturated carbocycles. The van der Waals surface area contributed by atoms with Crippen LogP contribution < -0.4 is 0 Å². The van der Waals surface area contributed by atoms with Gasteiger partial charge in [-0.05, 0) is 30.5 Å². The summed E-state index contributed by atoms with van der Waals surface area (Å²) in [4.78, 5) is 11.0. The van der Waals surface area contributed by atoms with Gasteiger partial charge in [-0.3, -0.25) is 0 Å². The van der Waals surface area contributed by atoms with Crippen LogP contribution in [0.4, 0.5) is 0 Å². The fraction of sp³-hybridized carbons (Fsp3) is 0.462. The lowest BCUT2D eigenvalue weighted by atomic mass is 9.94. The Bertz CT molecular complexity index is 366. The summed E-state index contributed by atoms with van der Waals surface area (Å²) in [6.07, 6.45) is 4.36. The Kier molecular flexibility index (Phi) is 6.56. The maximum Gasteiger partial charge on any atom is 0.127 e. The monoisotopic (exact) mass is 274 g/mol. The number of aliphatic hydroxyl groups excluding tert-OH is 1. The van der Waals surface area contributed by atoms with Crippen molar-refractivity contribution in [3.63, 3.8) is 0 Å². The second-order valence-electron chi connectivity index (χ2n) is 3.99. The number of rotatable bonds is 7. The molecule has 0 radical (unpaired) electrons. The molecule has 0 heterocycles. The van der Waals surface area contributed by atoms with E-state index in [0.717, 1.165) is 37.5 Å². The van der Waals surface area contributed by atoms with Crippen molar-refractivity contribution in [3.8, 4) is 0 Å². The third-order valence-corrected chi connectivity index (χ3v) is 3.45. The highest BCUT2D eigenvalue weighted by atomic mass is 35.5. The van der Waals surface area contributed by atoms with Crippen LogP contribution in [0.1, 0.15) is 37.2 Å². The van der Waals surface area contributed by atoms with Crippen molar-refractivity contribution in [1.82, 2.24) is 0 Å². The Labute approximate surface area is 112 Å². The van der Waals surface area contributed by atoms with Crippen molar-refractivity contribution < 1.29 is 9.90 Å². The molecule has 0 aromatic heterocycles. The zero-order valence-corrected chi connectivity index (χ0v) is 11.0. The van der Waals surface area contributed by atoms with Crippen LogP contribution in [0.2, 0.25) is 10.0 Å². The summed E-state index contributed by atoms with van der Waals surface area (Å²) in [7, 11) is 0. The van der Waals surface area contributed by atoms with Crippen LogP contribution in [0.25, 0.3) is 0 Å². The normalized spacial score (nSPS) is 12.4. The maximum absolute atomic E-state index is 11.0. The van der Waals surface area contributed by atoms with E-state index in [2.05, 4.69) is 0 Å². The lowest BCUT2D eigenvalue weighted by Crippen LogP contribution is -2.00. The first kappa shape index (κ1) is 14.5. The minimum absolute atomic E-state index is 0.136. The molecule has 0 aliphatic heterocycles. The molecular weight excluding hydrogens is 259 g/mol. The second-order valence-corrected chi connectivity index (χ2v) is 4.80. The predicted octanol–water partition coefficient (Wildman–Crippen LogP) is 3.83. The minimum Gasteiger partial charge on any atom is -0.396 e. The van der Waals surface area contributed by atoms with Crippen molar-refractivity contribution in [2.45, 2.75) is 31.6 Å². The largest absolute Gasteiger partial charge is 0.396 e. The number of unbranched alkanes of at least 4 members (excludes halogenated alkanes) is 2. The second kappa shape index (κ2) is 7.70. The maximum atomic E-state index is 11.0. The summed E-state index contributed by atoms with van der Waals surface area (Å²) in [5.74, 6) is -0.136. The summed E-state index contributed by atoms with van der Waals surface area (Å²) in [5, 5.41) is 9.65. The van der Waals surface area contributed by atoms with Crippen molar-refractivity contribution >= 4 is 29.5 Å². The molecule has 0 saturated heterocycles. The lowest BCUT2D eigenvalue weighted by Gasteiger charge is -2.11. The van der Waals surface area contributed by atoms with E-state index in [-0.39, 0.29) is 12.5 Å². The number of carbonyl (C=O) groups excluding carboxylic acids is 1. The van der Waals surface area contributed by atoms with Crippen LogP contribution in [0.3, 0.4) is 0 Å². The zero-order chi connectivity index (χ0) is 12.7. The first-order valence-electron chi connectivity index (χ1n) is 5.70. The molecule has 1 rings (SSSR count). The molecule has 17 heavy (non-hydrogen) atoms. The van der Waals surface area contributed by atoms with Gasteiger partial charge in [0.15, 0.2) is 0 Å². The first-order chi connectivity index (χ1) is 8.19. The molecule has 4 heteroatoms. The summed E-state index contributed by atoms with van der Waals surface area (Å²) >= 11 is 11.7. The smallest absolute Gasteiger partial charge is 0.127 e. The fourth-order valence-corrected chi connectivity index (χ4v) is 2.02. The van der Waals surface area contributed by atoms with E-state index in [4.69, 9.17) is 28.3 Å². The van der Waals surface area contributed by atoms with Gasteiger partial charge in [0.05, 0.1) is 10.0 Å². The summed E-state index contributed by atoms with van der Waals surface area (Å²) in [6.45, 7) is 0.207. The highest BCUT2D eigenvalue weighted by molar-refractivity contribution is 6.42. The topological polar surface area (TPSA) is 37.3 Å². The number of benzene rings is 1. The summed E-state index contributed by atoms with van der Waals surface area (Å²) in [6, 6.07) is 5.29. The zero-order valence-electron chi connectivity index (χ0n) is 9.53. The van der Waals surface area contributed by atoms with E-state index in [1.54, 1.807) is 12.1 Å². The molecule has 0 amide bonds. The van der Waals surface area contributed by atoms with E-state index >= 15 is 0 Å². The average molecular weight is 275 g/mol. The third-order valence-electron chi connectivity index (χ3n) is 2.71. The van der Waals surface area contributed by atoms with Crippen LogP contribution in [0.15, 0.2) is 18.2 Å². The van der Waals surface area contributed by atoms with Gasteiger partial charge in [-0.2, -0.15) is 0 Å². The Morgan fingerprint density at radius 1 is 1.18 bits per heavy atom. The Balaban J connectivity index is 2.60. The van der Waals surface area contributed by atoms with Crippen molar-refractivity contribution in [2.24, 2.45) is 0 Å². The number of aliphatic hydroxyl groups is 1. The van der Waals surface area contributed by atoms with E-state index in [1.165, 1.54) is 0 Å². The van der Waals surface area contributed by atoms with Crippen molar-refractivity contribution in [1.29, 1.82) is 0 Å². The summed E-state index contributed by atoms with van der Waals surface area (Å²) < 4.78 is 0. The van der Waals surface area contributed by atoms with E-state index in [9.17, 15) is 4.79 Å². The molecule has 1 N–H and O–H groups in total. The molecule has 1 atom stereocenters. The van der Waals surface area contributed by atoms with Gasteiger partial charge in [0, 0.05) is 12.5 Å². The van der Waals surface area contributed by atoms with Crippen molar-refractivity contribution in [2.75, 3.05) is 6.61 Å². The Hall–Kier alpha value is -0.570. The number of carbonyl (C=O) groups is 1. The van der Waals surface area contributed by atoms with Gasteiger partial charge in [-0.1, -0.05) is 42.1 Å². The molecule has 1 aromatic rings. The molecule has 0 fully saturated rings. The average Bonchev–Trinajstić information content (AvgIpc) is 2.33. The number of halogens is 2. The molecule has 0 unspecified atom stereocenters. The number of hydrogen-bond donors (Lipinski definition) is 1. The minimum atomic E-state index is -0.136. The highest BCUT2D eigenvalue weighted by Gasteiger charge is 2.11. The molecule has 0 aliphatic rings. The fourth-order valence-electron chi connectivity index (χ4n) is 1.71. The van der Waals surface area contributed by atoms with Crippen LogP contribution in [-0.2, 0) is 4.79 Å². The van der Waals surface area contributed by atoms with Crippen LogP contribution in [0.5, 0.6) is 0 Å². The Morgan fingerprint density at radius 2 is 1.94 bits per heavy atom. The van der Waals surface area contributed by atoms with Gasteiger partial charge in [-0.25, -0.2) is 0 Å². The predicted molar refractivity (Wildman–Crippen MR) is 70.8 cm³/mol. The highest BCUT2D eigenvalue weighted by Crippen LogP contribution is 2.28. The van der Waals surface area contributed by atoms with Gasteiger partial charge in [0.1, 0.15) is 6.29 Å². The van der Waals surface area contributed by atoms with Crippen LogP contribution >= 0.6 is 23.2 Å². The van der Waals surface area contributed by atoms with E-state index in [0.29, 0.717) is 10.0 Å². The van der Waals surface area contributed by atoms with E-state index < -0.39 is 0 Å². The first-order valence-corrected chi connectivity index (χ1v) is 6.45. The lowest BCUT2D eigenvalue weighted by molar-refractivity contribution is -0.109. The van der Waals surface area contributed by atoms with Gasteiger partial charge in [0.25, 0.3) is 0 Å². The summed E-state index contributed by atoms with van der Waals surface area (Å²) in [5.41, 5.74) is 0.901. The van der Waals surface area contributed by atoms with Gasteiger partial charge in [-0.15, -0.1) is 0 Å². The Morgan fingerprint density at radius 3 is 2.53 bits per heavy atom. The van der Waals surface area contributed by atoms with Crippen LogP contribution in [-0.4, -0.2) is 18.0 Å². The molecule has 0 aliphatic carbocycles. The number of hydrogen-bond acceptors (Lipinski definition) is 2. The SMILES string of the molecule is O=C[C@@H](CCCCCO)c1ccc(Cl)c(Cl)c1. The quantitative estimate of drug-likeness (QED) is 0.606. The molecule has 0 spiro atoms. The van der Waals surface area contributed by atoms with Gasteiger partial charge in [0.2, 0.25) is 0 Å². The number of aldehydes is 1. The van der Waals surface area contributed by atoms with E-state index in [1.807, 2.05) is 6.07 Å². The standard InChI is InChI=1S/C13H16Cl2O2/c14-12-6-5-10(8-13(12)15)11(9-17)4-2-1-3-7-16/h5-6,8-9,11,16H,1-4,7H2/t11-/m1/s1. The molecular formula is C13H16Cl2O2. The third kappa shape index (κ3) is 4.66. The molecule has 2 nitrogen and oxygen atoms in total. The molecule has 0 bridgehead atoms. The van der Waals surface area contributed by atoms with Crippen LogP contribution in [0, 0.1) is 0 Å². The molecule has 1 aromatic carbocycles. The molecule has 94 valence electrons. The van der Waals surface area contributed by atoms with Gasteiger partial charge >= 0.3 is 0 Å². The van der Waals surface area contributed by atoms with Gasteiger partial charge < -0.3 is 9.90 Å². The van der Waals surface area contributed by atoms with Crippen molar-refractivity contribution in [3.05, 3.63) is 33.8 Å².